The van der Waals surface area contributed by atoms with Gasteiger partial charge in [-0.3, -0.25) is 4.57 Å². The minimum absolute atomic E-state index is 0.0159. The maximum absolute atomic E-state index is 12.1. The van der Waals surface area contributed by atoms with Crippen LogP contribution >= 0.6 is 19.6 Å². The summed E-state index contributed by atoms with van der Waals surface area (Å²) < 4.78 is 28.8. The summed E-state index contributed by atoms with van der Waals surface area (Å²) in [6.07, 6.45) is 22.0. The van der Waals surface area contributed by atoms with Gasteiger partial charge < -0.3 is 23.2 Å². The van der Waals surface area contributed by atoms with E-state index in [4.69, 9.17) is 13.8 Å². The van der Waals surface area contributed by atoms with E-state index in [9.17, 15) is 9.46 Å². The lowest BCUT2D eigenvalue weighted by Crippen LogP contribution is -2.39. The highest BCUT2D eigenvalue weighted by molar-refractivity contribution is 7.99. The third-order valence-corrected chi connectivity index (χ3v) is 8.92. The lowest BCUT2D eigenvalue weighted by Gasteiger charge is -2.33. The maximum atomic E-state index is 12.1. The van der Waals surface area contributed by atoms with Crippen LogP contribution in [0.2, 0.25) is 0 Å². The van der Waals surface area contributed by atoms with Crippen molar-refractivity contribution in [3.63, 3.8) is 0 Å². The summed E-state index contributed by atoms with van der Waals surface area (Å²) in [5, 5.41) is 0. The first kappa shape index (κ1) is 37.4. The van der Waals surface area contributed by atoms with Gasteiger partial charge in [0.25, 0.3) is 7.82 Å². The molecule has 8 heteroatoms. The lowest BCUT2D eigenvalue weighted by atomic mass is 10.0. The molecule has 2 atom stereocenters. The number of ether oxygens (including phenoxy) is 1. The normalized spacial score (nSPS) is 15.5. The fraction of sp³-hybridized carbons (Fsp3) is 1.00. The molecule has 37 heavy (non-hydrogen) atoms. The molecule has 6 nitrogen and oxygen atoms in total. The van der Waals surface area contributed by atoms with Crippen molar-refractivity contribution in [1.82, 2.24) is 0 Å². The van der Waals surface area contributed by atoms with E-state index < -0.39 is 13.4 Å². The second-order valence-electron chi connectivity index (χ2n) is 11.8. The summed E-state index contributed by atoms with van der Waals surface area (Å²) in [4.78, 5) is 12.1. The number of hydrogen-bond donors (Lipinski definition) is 0. The topological polar surface area (TPSA) is 67.8 Å². The number of quaternary nitrogens is 1. The van der Waals surface area contributed by atoms with Gasteiger partial charge in [0.2, 0.25) is 0 Å². The molecule has 224 valence electrons. The molecule has 0 bridgehead atoms. The Morgan fingerprint density at radius 1 is 0.757 bits per heavy atom. The summed E-state index contributed by atoms with van der Waals surface area (Å²) in [6.45, 7) is 7.33. The van der Waals surface area contributed by atoms with Gasteiger partial charge in [0.05, 0.1) is 33.4 Å². The largest absolute Gasteiger partial charge is 0.756 e. The molecule has 0 amide bonds. The molecule has 0 aliphatic heterocycles. The van der Waals surface area contributed by atoms with Crippen LogP contribution in [0.15, 0.2) is 0 Å². The van der Waals surface area contributed by atoms with Crippen molar-refractivity contribution in [2.24, 2.45) is 0 Å². The van der Waals surface area contributed by atoms with E-state index in [1.165, 1.54) is 103 Å². The molecule has 0 radical (unpaired) electrons. The fourth-order valence-electron chi connectivity index (χ4n) is 4.19. The zero-order chi connectivity index (χ0) is 27.9. The number of phosphoric ester groups is 1. The Labute approximate surface area is 235 Å². The molecule has 2 unspecified atom stereocenters. The third kappa shape index (κ3) is 26.4. The molecule has 0 aliphatic rings. The molecule has 0 N–H and O–H groups in total. The first-order valence-electron chi connectivity index (χ1n) is 15.2. The van der Waals surface area contributed by atoms with Gasteiger partial charge in [-0.05, 0) is 26.0 Å². The molecule has 0 spiro atoms. The molecule has 0 aromatic rings. The smallest absolute Gasteiger partial charge is 0.268 e. The van der Waals surface area contributed by atoms with Crippen molar-refractivity contribution in [2.45, 2.75) is 129 Å². The summed E-state index contributed by atoms with van der Waals surface area (Å²) in [7, 11) is 1.64. The lowest BCUT2D eigenvalue weighted by molar-refractivity contribution is -0.870. The Bertz CT molecular complexity index is 561. The minimum atomic E-state index is -4.33. The van der Waals surface area contributed by atoms with Gasteiger partial charge in [-0.1, -0.05) is 103 Å². The van der Waals surface area contributed by atoms with Crippen molar-refractivity contribution in [3.05, 3.63) is 0 Å². The van der Waals surface area contributed by atoms with Gasteiger partial charge in [0, 0.05) is 12.4 Å². The Morgan fingerprint density at radius 3 is 1.65 bits per heavy atom. The number of thioether (sulfide) groups is 1. The zero-order valence-corrected chi connectivity index (χ0v) is 27.1. The van der Waals surface area contributed by atoms with Crippen LogP contribution in [-0.4, -0.2) is 69.1 Å². The second-order valence-corrected chi connectivity index (χ2v) is 14.3. The summed E-state index contributed by atoms with van der Waals surface area (Å²) in [5.74, 6) is 1.77. The quantitative estimate of drug-likeness (QED) is 0.0542. The molecule has 0 aromatic carbocycles. The number of rotatable bonds is 28. The maximum Gasteiger partial charge on any atom is 0.268 e. The van der Waals surface area contributed by atoms with Gasteiger partial charge in [-0.15, -0.1) is 0 Å². The molecule has 0 aliphatic carbocycles. The average Bonchev–Trinajstić information content (AvgIpc) is 2.81. The van der Waals surface area contributed by atoms with E-state index >= 15 is 0 Å². The molecule has 0 heterocycles. The fourth-order valence-corrected chi connectivity index (χ4v) is 6.16. The van der Waals surface area contributed by atoms with Crippen LogP contribution in [0.5, 0.6) is 0 Å². The van der Waals surface area contributed by atoms with Crippen LogP contribution in [0.25, 0.3) is 0 Å². The SMILES string of the molecule is CCCCCCCCCCCCCCCCCCSCC(C)(COP(=O)([O-])OCC[N+](C)(C)C)OCC. The highest BCUT2D eigenvalue weighted by atomic mass is 32.2. The molecule has 0 rings (SSSR count). The standard InChI is InChI=1S/C29H62NO5PS/c1-7-9-10-11-12-13-14-15-16-17-18-19-20-21-22-23-26-37-28-29(3,33-8-2)27-35-36(31,32)34-25-24-30(4,5)6/h7-28H2,1-6H3. The Hall–Kier alpha value is 0.380. The van der Waals surface area contributed by atoms with Crippen LogP contribution in [0, 0.1) is 0 Å². The zero-order valence-electron chi connectivity index (χ0n) is 25.4. The van der Waals surface area contributed by atoms with Gasteiger partial charge >= 0.3 is 0 Å². The van der Waals surface area contributed by atoms with Crippen LogP contribution < -0.4 is 4.89 Å². The van der Waals surface area contributed by atoms with Gasteiger partial charge in [0.1, 0.15) is 13.2 Å². The molecule has 0 fully saturated rings. The number of hydrogen-bond acceptors (Lipinski definition) is 6. The second kappa shape index (κ2) is 23.1. The summed E-state index contributed by atoms with van der Waals surface area (Å²) in [6, 6.07) is 0. The minimum Gasteiger partial charge on any atom is -0.756 e. The van der Waals surface area contributed by atoms with E-state index in [0.717, 1.165) is 5.75 Å². The van der Waals surface area contributed by atoms with E-state index in [2.05, 4.69) is 6.92 Å². The van der Waals surface area contributed by atoms with E-state index in [1.54, 1.807) is 0 Å². The number of unbranched alkanes of at least 4 members (excludes halogenated alkanes) is 15. The first-order chi connectivity index (χ1) is 17.5. The molecular formula is C29H62NO5PS. The van der Waals surface area contributed by atoms with E-state index in [0.29, 0.717) is 23.4 Å². The molecule has 0 saturated carbocycles. The van der Waals surface area contributed by atoms with Crippen molar-refractivity contribution in [2.75, 3.05) is 59.0 Å². The van der Waals surface area contributed by atoms with Crippen molar-refractivity contribution < 1.29 is 27.7 Å². The van der Waals surface area contributed by atoms with Gasteiger partial charge in [-0.25, -0.2) is 0 Å². The molecule has 0 saturated heterocycles. The van der Waals surface area contributed by atoms with Crippen LogP contribution in [0.3, 0.4) is 0 Å². The van der Waals surface area contributed by atoms with Gasteiger partial charge in [-0.2, -0.15) is 11.8 Å². The predicted molar refractivity (Wildman–Crippen MR) is 159 cm³/mol. The average molecular weight is 568 g/mol. The van der Waals surface area contributed by atoms with Gasteiger partial charge in [0.15, 0.2) is 0 Å². The predicted octanol–water partition coefficient (Wildman–Crippen LogP) is 7.98. The van der Waals surface area contributed by atoms with E-state index in [-0.39, 0.29) is 13.2 Å². The molecular weight excluding hydrogens is 505 g/mol. The van der Waals surface area contributed by atoms with Crippen LogP contribution in [-0.2, 0) is 18.3 Å². The number of likely N-dealkylation sites (N-methyl/N-ethyl adjacent to an activating group) is 1. The summed E-state index contributed by atoms with van der Waals surface area (Å²) >= 11 is 1.82. The van der Waals surface area contributed by atoms with E-state index in [1.807, 2.05) is 46.8 Å². The Morgan fingerprint density at radius 2 is 1.22 bits per heavy atom. The van der Waals surface area contributed by atoms with Crippen molar-refractivity contribution in [1.29, 1.82) is 0 Å². The highest BCUT2D eigenvalue weighted by Crippen LogP contribution is 2.39. The Kier molecular flexibility index (Phi) is 23.4. The molecule has 0 aromatic heterocycles. The van der Waals surface area contributed by atoms with Crippen LogP contribution in [0.4, 0.5) is 0 Å². The monoisotopic (exact) mass is 567 g/mol. The highest BCUT2D eigenvalue weighted by Gasteiger charge is 2.28. The van der Waals surface area contributed by atoms with Crippen molar-refractivity contribution >= 4 is 19.6 Å². The number of phosphoric acid groups is 1. The first-order valence-corrected chi connectivity index (χ1v) is 17.8. The number of nitrogens with zero attached hydrogens (tertiary/aromatic N) is 1. The Balaban J connectivity index is 3.74. The summed E-state index contributed by atoms with van der Waals surface area (Å²) in [5.41, 5.74) is -0.641. The van der Waals surface area contributed by atoms with Crippen molar-refractivity contribution in [3.8, 4) is 0 Å². The third-order valence-electron chi connectivity index (χ3n) is 6.58. The van der Waals surface area contributed by atoms with Crippen LogP contribution in [0.1, 0.15) is 124 Å².